The summed E-state index contributed by atoms with van der Waals surface area (Å²) >= 11 is 9.38. The number of rotatable bonds is 3. The van der Waals surface area contributed by atoms with Gasteiger partial charge in [0.2, 0.25) is 0 Å². The Balaban J connectivity index is 2.42. The molecule has 0 aliphatic heterocycles. The second-order valence-corrected chi connectivity index (χ2v) is 5.73. The van der Waals surface area contributed by atoms with E-state index in [-0.39, 0.29) is 6.61 Å². The van der Waals surface area contributed by atoms with Gasteiger partial charge in [-0.05, 0) is 55.3 Å². The highest BCUT2D eigenvalue weighted by Crippen LogP contribution is 2.33. The Morgan fingerprint density at radius 3 is 2.37 bits per heavy atom. The van der Waals surface area contributed by atoms with Crippen LogP contribution in [-0.4, -0.2) is 5.11 Å². The Kier molecular flexibility index (Phi) is 4.50. The highest BCUT2D eigenvalue weighted by atomic mass is 79.9. The van der Waals surface area contributed by atoms with E-state index in [4.69, 9.17) is 16.3 Å². The summed E-state index contributed by atoms with van der Waals surface area (Å²) in [7, 11) is 0. The number of hydrogen-bond acceptors (Lipinski definition) is 2. The molecule has 4 heteroatoms. The summed E-state index contributed by atoms with van der Waals surface area (Å²) in [5.74, 6) is 1.43. The minimum atomic E-state index is -0.0690. The van der Waals surface area contributed by atoms with Crippen LogP contribution in [0.25, 0.3) is 0 Å². The van der Waals surface area contributed by atoms with Crippen molar-refractivity contribution in [3.05, 3.63) is 56.5 Å². The zero-order chi connectivity index (χ0) is 14.0. The molecule has 2 rings (SSSR count). The van der Waals surface area contributed by atoms with Crippen LogP contribution in [0.2, 0.25) is 5.02 Å². The maximum atomic E-state index is 9.38. The number of hydrogen-bond donors (Lipinski definition) is 1. The molecule has 0 aromatic heterocycles. The minimum Gasteiger partial charge on any atom is -0.456 e. The van der Waals surface area contributed by atoms with Crippen LogP contribution in [0.1, 0.15) is 16.7 Å². The van der Waals surface area contributed by atoms with Crippen LogP contribution in [-0.2, 0) is 6.61 Å². The van der Waals surface area contributed by atoms with Gasteiger partial charge in [-0.2, -0.15) is 0 Å². The number of aliphatic hydroxyl groups excluding tert-OH is 1. The molecule has 0 aliphatic carbocycles. The van der Waals surface area contributed by atoms with Gasteiger partial charge in [0.15, 0.2) is 0 Å². The van der Waals surface area contributed by atoms with E-state index in [1.54, 1.807) is 0 Å². The van der Waals surface area contributed by atoms with Crippen molar-refractivity contribution < 1.29 is 9.84 Å². The van der Waals surface area contributed by atoms with Crippen LogP contribution in [0.4, 0.5) is 0 Å². The Morgan fingerprint density at radius 1 is 1.16 bits per heavy atom. The third kappa shape index (κ3) is 3.30. The van der Waals surface area contributed by atoms with E-state index in [1.807, 2.05) is 44.2 Å². The Morgan fingerprint density at radius 2 is 1.79 bits per heavy atom. The molecule has 0 saturated heterocycles. The zero-order valence-electron chi connectivity index (χ0n) is 10.7. The first-order valence-electron chi connectivity index (χ1n) is 5.85. The van der Waals surface area contributed by atoms with Crippen molar-refractivity contribution in [2.24, 2.45) is 0 Å². The third-order valence-electron chi connectivity index (χ3n) is 2.83. The summed E-state index contributed by atoms with van der Waals surface area (Å²) in [5.41, 5.74) is 2.68. The monoisotopic (exact) mass is 340 g/mol. The van der Waals surface area contributed by atoms with Gasteiger partial charge in [0.1, 0.15) is 11.5 Å². The van der Waals surface area contributed by atoms with Gasteiger partial charge < -0.3 is 9.84 Å². The van der Waals surface area contributed by atoms with E-state index in [0.717, 1.165) is 26.9 Å². The van der Waals surface area contributed by atoms with E-state index in [9.17, 15) is 5.11 Å². The normalized spacial score (nSPS) is 10.6. The Hall–Kier alpha value is -1.03. The average Bonchev–Trinajstić information content (AvgIpc) is 2.35. The molecule has 0 aliphatic rings. The molecule has 2 aromatic rings. The smallest absolute Gasteiger partial charge is 0.133 e. The molecule has 0 amide bonds. The lowest BCUT2D eigenvalue weighted by atomic mass is 10.1. The van der Waals surface area contributed by atoms with Crippen molar-refractivity contribution in [3.63, 3.8) is 0 Å². The molecule has 100 valence electrons. The van der Waals surface area contributed by atoms with Crippen LogP contribution < -0.4 is 4.74 Å². The molecule has 0 unspecified atom stereocenters. The van der Waals surface area contributed by atoms with E-state index < -0.39 is 0 Å². The van der Waals surface area contributed by atoms with E-state index in [2.05, 4.69) is 15.9 Å². The van der Waals surface area contributed by atoms with Gasteiger partial charge in [-0.3, -0.25) is 0 Å². The molecule has 0 bridgehead atoms. The predicted octanol–water partition coefficient (Wildman–Crippen LogP) is 5.00. The van der Waals surface area contributed by atoms with Crippen LogP contribution in [0, 0.1) is 13.8 Å². The summed E-state index contributed by atoms with van der Waals surface area (Å²) in [6, 6.07) is 9.29. The highest BCUT2D eigenvalue weighted by Gasteiger charge is 2.10. The summed E-state index contributed by atoms with van der Waals surface area (Å²) < 4.78 is 6.84. The number of benzene rings is 2. The number of ether oxygens (including phenoxy) is 1. The number of halogens is 2. The van der Waals surface area contributed by atoms with Gasteiger partial charge in [0.25, 0.3) is 0 Å². The van der Waals surface area contributed by atoms with Crippen LogP contribution >= 0.6 is 27.5 Å². The standard InChI is InChI=1S/C15H14BrClO2/c1-9-5-13(17)6-10(2)15(9)19-14-4-3-12(16)7-11(14)8-18/h3-7,18H,8H2,1-2H3. The fourth-order valence-electron chi connectivity index (χ4n) is 1.94. The molecule has 0 fully saturated rings. The predicted molar refractivity (Wildman–Crippen MR) is 81.1 cm³/mol. The van der Waals surface area contributed by atoms with E-state index >= 15 is 0 Å². The lowest BCUT2D eigenvalue weighted by Gasteiger charge is -2.14. The first kappa shape index (κ1) is 14.4. The van der Waals surface area contributed by atoms with Gasteiger partial charge in [-0.1, -0.05) is 27.5 Å². The van der Waals surface area contributed by atoms with Gasteiger partial charge >= 0.3 is 0 Å². The molecule has 0 heterocycles. The maximum absolute atomic E-state index is 9.38. The minimum absolute atomic E-state index is 0.0690. The third-order valence-corrected chi connectivity index (χ3v) is 3.54. The molecule has 0 radical (unpaired) electrons. The zero-order valence-corrected chi connectivity index (χ0v) is 13.0. The topological polar surface area (TPSA) is 29.5 Å². The first-order chi connectivity index (χ1) is 9.01. The van der Waals surface area contributed by atoms with Crippen LogP contribution in [0.5, 0.6) is 11.5 Å². The van der Waals surface area contributed by atoms with Crippen molar-refractivity contribution in [2.75, 3.05) is 0 Å². The molecule has 1 N–H and O–H groups in total. The van der Waals surface area contributed by atoms with Crippen molar-refractivity contribution in [2.45, 2.75) is 20.5 Å². The van der Waals surface area contributed by atoms with E-state index in [0.29, 0.717) is 10.8 Å². The quantitative estimate of drug-likeness (QED) is 0.851. The van der Waals surface area contributed by atoms with Gasteiger partial charge in [-0.25, -0.2) is 0 Å². The van der Waals surface area contributed by atoms with Crippen molar-refractivity contribution >= 4 is 27.5 Å². The molecular formula is C15H14BrClO2. The molecular weight excluding hydrogens is 328 g/mol. The van der Waals surface area contributed by atoms with Crippen molar-refractivity contribution in [1.82, 2.24) is 0 Å². The Labute approximate surface area is 126 Å². The van der Waals surface area contributed by atoms with Gasteiger partial charge in [0.05, 0.1) is 6.61 Å². The summed E-state index contributed by atoms with van der Waals surface area (Å²) in [5, 5.41) is 10.1. The lowest BCUT2D eigenvalue weighted by Crippen LogP contribution is -1.95. The first-order valence-corrected chi connectivity index (χ1v) is 7.02. The van der Waals surface area contributed by atoms with E-state index in [1.165, 1.54) is 0 Å². The largest absolute Gasteiger partial charge is 0.456 e. The molecule has 2 nitrogen and oxygen atoms in total. The van der Waals surface area contributed by atoms with Gasteiger partial charge in [-0.15, -0.1) is 0 Å². The summed E-state index contributed by atoms with van der Waals surface area (Å²) in [6.07, 6.45) is 0. The van der Waals surface area contributed by atoms with Crippen LogP contribution in [0.3, 0.4) is 0 Å². The molecule has 0 spiro atoms. The molecule has 0 saturated carbocycles. The Bertz CT molecular complexity index is 588. The number of aryl methyl sites for hydroxylation is 2. The highest BCUT2D eigenvalue weighted by molar-refractivity contribution is 9.10. The molecule has 0 atom stereocenters. The fraction of sp³-hybridized carbons (Fsp3) is 0.200. The van der Waals surface area contributed by atoms with Crippen molar-refractivity contribution in [3.8, 4) is 11.5 Å². The summed E-state index contributed by atoms with van der Waals surface area (Å²) in [6.45, 7) is 3.83. The SMILES string of the molecule is Cc1cc(Cl)cc(C)c1Oc1ccc(Br)cc1CO. The summed E-state index contributed by atoms with van der Waals surface area (Å²) in [4.78, 5) is 0. The maximum Gasteiger partial charge on any atom is 0.133 e. The molecule has 19 heavy (non-hydrogen) atoms. The average molecular weight is 342 g/mol. The van der Waals surface area contributed by atoms with Crippen molar-refractivity contribution in [1.29, 1.82) is 0 Å². The van der Waals surface area contributed by atoms with Crippen LogP contribution in [0.15, 0.2) is 34.8 Å². The second-order valence-electron chi connectivity index (χ2n) is 4.38. The number of aliphatic hydroxyl groups is 1. The lowest BCUT2D eigenvalue weighted by molar-refractivity contribution is 0.276. The van der Waals surface area contributed by atoms with Gasteiger partial charge in [0, 0.05) is 15.1 Å². The fourth-order valence-corrected chi connectivity index (χ4v) is 2.68. The molecule has 2 aromatic carbocycles. The second kappa shape index (κ2) is 5.95.